The highest BCUT2D eigenvalue weighted by atomic mass is 15.4. The molecule has 0 amide bonds. The van der Waals surface area contributed by atoms with E-state index in [1.165, 1.54) is 11.1 Å². The van der Waals surface area contributed by atoms with Gasteiger partial charge in [0.1, 0.15) is 0 Å². The van der Waals surface area contributed by atoms with Crippen LogP contribution >= 0.6 is 0 Å². The first kappa shape index (κ1) is 9.90. The van der Waals surface area contributed by atoms with E-state index in [1.807, 2.05) is 25.7 Å². The molecule has 0 N–H and O–H groups in total. The van der Waals surface area contributed by atoms with Crippen LogP contribution in [0.4, 0.5) is 0 Å². The molecule has 0 unspecified atom stereocenters. The average molecular weight is 202 g/mol. The Morgan fingerprint density at radius 2 is 1.87 bits per heavy atom. The van der Waals surface area contributed by atoms with Gasteiger partial charge in [0.05, 0.1) is 19.7 Å². The molecular weight excluding hydrogens is 186 g/mol. The number of aryl methyl sites for hydroxylation is 3. The predicted octanol–water partition coefficient (Wildman–Crippen LogP) is 1.53. The number of hydrogen-bond acceptors (Lipinski definition) is 1. The van der Waals surface area contributed by atoms with Gasteiger partial charge in [0, 0.05) is 12.0 Å². The molecule has 15 heavy (non-hydrogen) atoms. The molecule has 0 aliphatic carbocycles. The fourth-order valence-electron chi connectivity index (χ4n) is 1.88. The highest BCUT2D eigenvalue weighted by molar-refractivity contribution is 5.57. The smallest absolute Gasteiger partial charge is 0.231 e. The zero-order valence-electron chi connectivity index (χ0n) is 9.65. The van der Waals surface area contributed by atoms with E-state index in [1.54, 1.807) is 0 Å². The van der Waals surface area contributed by atoms with Gasteiger partial charge in [-0.25, -0.2) is 4.57 Å². The van der Waals surface area contributed by atoms with Crippen LogP contribution in [0.15, 0.2) is 24.3 Å². The van der Waals surface area contributed by atoms with Gasteiger partial charge in [0.2, 0.25) is 0 Å². The molecule has 78 valence electrons. The topological polar surface area (TPSA) is 21.7 Å². The summed E-state index contributed by atoms with van der Waals surface area (Å²) < 4.78 is 4.04. The van der Waals surface area contributed by atoms with E-state index in [4.69, 9.17) is 0 Å². The number of nitrogens with zero attached hydrogens (tertiary/aromatic N) is 3. The maximum atomic E-state index is 4.41. The maximum Gasteiger partial charge on any atom is 0.274 e. The third-order valence-corrected chi connectivity index (χ3v) is 2.79. The summed E-state index contributed by atoms with van der Waals surface area (Å²) in [5.41, 5.74) is 2.51. The lowest BCUT2D eigenvalue weighted by molar-refractivity contribution is -0.667. The number of aromatic nitrogens is 3. The molecule has 3 nitrogen and oxygen atoms in total. The van der Waals surface area contributed by atoms with Crippen molar-refractivity contribution in [1.29, 1.82) is 0 Å². The zero-order valence-corrected chi connectivity index (χ0v) is 9.65. The van der Waals surface area contributed by atoms with Crippen LogP contribution in [0.2, 0.25) is 0 Å². The second-order valence-electron chi connectivity index (χ2n) is 3.87. The Balaban J connectivity index is 2.69. The van der Waals surface area contributed by atoms with Crippen LogP contribution in [0.1, 0.15) is 11.4 Å². The molecule has 2 aromatic rings. The van der Waals surface area contributed by atoms with Crippen molar-refractivity contribution in [2.75, 3.05) is 0 Å². The van der Waals surface area contributed by atoms with Gasteiger partial charge in [0.15, 0.2) is 0 Å². The fraction of sp³-hybridized carbons (Fsp3) is 0.333. The minimum atomic E-state index is 1.02. The molecule has 0 atom stereocenters. The van der Waals surface area contributed by atoms with Gasteiger partial charge in [-0.2, -0.15) is 0 Å². The van der Waals surface area contributed by atoms with Crippen molar-refractivity contribution < 1.29 is 4.57 Å². The molecule has 3 heteroatoms. The average Bonchev–Trinajstić information content (AvgIpc) is 2.43. The third kappa shape index (κ3) is 1.54. The Labute approximate surface area is 90.0 Å². The van der Waals surface area contributed by atoms with Gasteiger partial charge < -0.3 is 0 Å². The van der Waals surface area contributed by atoms with Crippen LogP contribution in [0.25, 0.3) is 11.4 Å². The number of hydrogen-bond donors (Lipinski definition) is 0. The van der Waals surface area contributed by atoms with Crippen molar-refractivity contribution in [2.24, 2.45) is 14.1 Å². The highest BCUT2D eigenvalue weighted by Crippen LogP contribution is 2.18. The Morgan fingerprint density at radius 1 is 1.20 bits per heavy atom. The second kappa shape index (κ2) is 3.50. The predicted molar refractivity (Wildman–Crippen MR) is 59.3 cm³/mol. The van der Waals surface area contributed by atoms with Gasteiger partial charge in [-0.15, -0.1) is 4.68 Å². The van der Waals surface area contributed by atoms with E-state index in [0.29, 0.717) is 0 Å². The van der Waals surface area contributed by atoms with Crippen molar-refractivity contribution in [3.63, 3.8) is 0 Å². The third-order valence-electron chi connectivity index (χ3n) is 2.79. The van der Waals surface area contributed by atoms with Crippen LogP contribution in [0.3, 0.4) is 0 Å². The molecule has 0 saturated carbocycles. The molecule has 1 aromatic carbocycles. The molecule has 0 radical (unpaired) electrons. The lowest BCUT2D eigenvalue weighted by Crippen LogP contribution is -2.32. The van der Waals surface area contributed by atoms with Gasteiger partial charge in [-0.3, -0.25) is 0 Å². The summed E-state index contributed by atoms with van der Waals surface area (Å²) in [6, 6.07) is 8.37. The first-order valence-electron chi connectivity index (χ1n) is 5.07. The van der Waals surface area contributed by atoms with Gasteiger partial charge >= 0.3 is 0 Å². The molecule has 1 aromatic heterocycles. The van der Waals surface area contributed by atoms with E-state index < -0.39 is 0 Å². The Hall–Kier alpha value is -1.64. The van der Waals surface area contributed by atoms with Crippen LogP contribution in [-0.2, 0) is 14.1 Å². The van der Waals surface area contributed by atoms with Gasteiger partial charge in [0.25, 0.3) is 11.6 Å². The van der Waals surface area contributed by atoms with Gasteiger partial charge in [-0.1, -0.05) is 18.2 Å². The Morgan fingerprint density at radius 3 is 2.40 bits per heavy atom. The van der Waals surface area contributed by atoms with Crippen molar-refractivity contribution in [1.82, 2.24) is 9.78 Å². The largest absolute Gasteiger partial charge is 0.274 e. The van der Waals surface area contributed by atoms with Crippen molar-refractivity contribution in [3.05, 3.63) is 35.7 Å². The molecule has 0 spiro atoms. The van der Waals surface area contributed by atoms with Crippen LogP contribution in [0.5, 0.6) is 0 Å². The lowest BCUT2D eigenvalue weighted by Gasteiger charge is -2.02. The molecule has 1 heterocycles. The normalized spacial score (nSPS) is 10.7. The minimum absolute atomic E-state index is 1.02. The fourth-order valence-corrected chi connectivity index (χ4v) is 1.88. The minimum Gasteiger partial charge on any atom is -0.231 e. The summed E-state index contributed by atoms with van der Waals surface area (Å²) in [4.78, 5) is 0. The first-order valence-corrected chi connectivity index (χ1v) is 5.07. The summed E-state index contributed by atoms with van der Waals surface area (Å²) in [5.74, 6) is 2.17. The highest BCUT2D eigenvalue weighted by Gasteiger charge is 2.19. The lowest BCUT2D eigenvalue weighted by atomic mass is 10.1. The molecule has 0 aliphatic rings. The summed E-state index contributed by atoms with van der Waals surface area (Å²) >= 11 is 0. The summed E-state index contributed by atoms with van der Waals surface area (Å²) in [6.45, 7) is 4.14. The van der Waals surface area contributed by atoms with Crippen LogP contribution in [-0.4, -0.2) is 9.78 Å². The quantitative estimate of drug-likeness (QED) is 0.643. The van der Waals surface area contributed by atoms with E-state index in [2.05, 4.69) is 40.9 Å². The van der Waals surface area contributed by atoms with E-state index in [0.717, 1.165) is 11.6 Å². The molecule has 0 aliphatic heterocycles. The number of rotatable bonds is 1. The van der Waals surface area contributed by atoms with Gasteiger partial charge in [-0.05, 0) is 18.6 Å². The second-order valence-corrected chi connectivity index (χ2v) is 3.87. The summed E-state index contributed by atoms with van der Waals surface area (Å²) in [6.07, 6.45) is 0. The Kier molecular flexibility index (Phi) is 2.31. The van der Waals surface area contributed by atoms with E-state index in [-0.39, 0.29) is 0 Å². The molecule has 0 saturated heterocycles. The van der Waals surface area contributed by atoms with Crippen LogP contribution < -0.4 is 4.57 Å². The van der Waals surface area contributed by atoms with E-state index in [9.17, 15) is 0 Å². The molecular formula is C12H16N3+. The number of benzene rings is 1. The van der Waals surface area contributed by atoms with Crippen molar-refractivity contribution in [2.45, 2.75) is 13.8 Å². The maximum absolute atomic E-state index is 4.41. The first-order chi connectivity index (χ1) is 7.11. The summed E-state index contributed by atoms with van der Waals surface area (Å²) in [7, 11) is 4.03. The van der Waals surface area contributed by atoms with E-state index >= 15 is 0 Å². The Bertz CT molecular complexity index is 498. The van der Waals surface area contributed by atoms with Crippen LogP contribution in [0, 0.1) is 13.8 Å². The van der Waals surface area contributed by atoms with Crippen molar-refractivity contribution >= 4 is 0 Å². The van der Waals surface area contributed by atoms with Crippen molar-refractivity contribution in [3.8, 4) is 11.4 Å². The molecule has 2 rings (SSSR count). The summed E-state index contributed by atoms with van der Waals surface area (Å²) in [5, 5.41) is 4.41. The SMILES string of the molecule is Cc1ccccc1-c1n(C)nc(C)[n+]1C. The molecule has 0 fully saturated rings. The monoisotopic (exact) mass is 202 g/mol. The standard InChI is InChI=1S/C12H16N3/c1-9-7-5-6-8-11(9)12-14(3)10(2)13-15(12)4/h5-8H,1-4H3/q+1. The zero-order chi connectivity index (χ0) is 11.0. The molecule has 0 bridgehead atoms.